The second kappa shape index (κ2) is 7.06. The molecule has 0 radical (unpaired) electrons. The highest BCUT2D eigenvalue weighted by molar-refractivity contribution is 9.10. The topological polar surface area (TPSA) is 55.4 Å². The van der Waals surface area contributed by atoms with Crippen LogP contribution in [-0.4, -0.2) is 18.5 Å². The Morgan fingerprint density at radius 3 is 2.71 bits per heavy atom. The first-order valence-corrected chi connectivity index (χ1v) is 6.08. The summed E-state index contributed by atoms with van der Waals surface area (Å²) in [7, 11) is 0. The van der Waals surface area contributed by atoms with E-state index >= 15 is 0 Å². The summed E-state index contributed by atoms with van der Waals surface area (Å²) in [6, 6.07) is 7.18. The van der Waals surface area contributed by atoms with E-state index < -0.39 is 6.09 Å². The third-order valence-electron chi connectivity index (χ3n) is 2.09. The first-order chi connectivity index (χ1) is 8.11. The molecule has 0 aliphatic heterocycles. The molecule has 1 rings (SSSR count). The molecule has 1 amide bonds. The van der Waals surface area contributed by atoms with Gasteiger partial charge in [-0.05, 0) is 37.6 Å². The number of anilines is 1. The third-order valence-corrected chi connectivity index (χ3v) is 2.62. The van der Waals surface area contributed by atoms with Gasteiger partial charge >= 0.3 is 6.09 Å². The third kappa shape index (κ3) is 5.49. The monoisotopic (exact) mass is 299 g/mol. The van der Waals surface area contributed by atoms with Crippen LogP contribution in [0.4, 0.5) is 10.5 Å². The maximum absolute atomic E-state index is 11.4. The summed E-state index contributed by atoms with van der Waals surface area (Å²) >= 11 is 3.30. The molecule has 17 heavy (non-hydrogen) atoms. The van der Waals surface area contributed by atoms with Crippen molar-refractivity contribution in [3.63, 3.8) is 0 Å². The Kier molecular flexibility index (Phi) is 5.69. The Hall–Kier alpha value is -1.36. The average Bonchev–Trinajstić information content (AvgIpc) is 2.29. The van der Waals surface area contributed by atoms with Crippen molar-refractivity contribution in [2.75, 3.05) is 5.32 Å². The lowest BCUT2D eigenvalue weighted by atomic mass is 10.2. The number of rotatable bonds is 5. The summed E-state index contributed by atoms with van der Waals surface area (Å²) in [5, 5.41) is 2.61. The van der Waals surface area contributed by atoms with Crippen LogP contribution < -0.4 is 5.32 Å². The van der Waals surface area contributed by atoms with Gasteiger partial charge in [0.2, 0.25) is 0 Å². The zero-order valence-electron chi connectivity index (χ0n) is 9.48. The van der Waals surface area contributed by atoms with Gasteiger partial charge in [-0.2, -0.15) is 0 Å². The van der Waals surface area contributed by atoms with Gasteiger partial charge in [-0.1, -0.05) is 15.9 Å². The molecule has 0 saturated carbocycles. The van der Waals surface area contributed by atoms with Crippen molar-refractivity contribution in [3.8, 4) is 0 Å². The van der Waals surface area contributed by atoms with Crippen molar-refractivity contribution >= 4 is 34.0 Å². The van der Waals surface area contributed by atoms with Gasteiger partial charge in [-0.15, -0.1) is 0 Å². The molecule has 1 aromatic rings. The molecular formula is C12H14BrNO3. The molecule has 1 aromatic carbocycles. The number of aldehydes is 1. The molecule has 5 heteroatoms. The average molecular weight is 300 g/mol. The predicted octanol–water partition coefficient (Wildman–Crippen LogP) is 3.37. The zero-order chi connectivity index (χ0) is 12.7. The van der Waals surface area contributed by atoms with Gasteiger partial charge in [0.1, 0.15) is 12.4 Å². The van der Waals surface area contributed by atoms with E-state index in [1.54, 1.807) is 19.1 Å². The number of hydrogen-bond acceptors (Lipinski definition) is 3. The summed E-state index contributed by atoms with van der Waals surface area (Å²) in [4.78, 5) is 21.6. The number of carbonyl (C=O) groups is 2. The minimum atomic E-state index is -0.509. The van der Waals surface area contributed by atoms with Crippen LogP contribution >= 0.6 is 15.9 Å². The number of amides is 1. The number of benzene rings is 1. The lowest BCUT2D eigenvalue weighted by molar-refractivity contribution is -0.108. The SMILES string of the molecule is CC(CCC=O)OC(=O)Nc1ccc(Br)cc1. The number of carbonyl (C=O) groups excluding carboxylic acids is 2. The van der Waals surface area contributed by atoms with E-state index in [0.717, 1.165) is 10.8 Å². The number of halogens is 1. The Bertz CT molecular complexity index is 378. The molecule has 0 aromatic heterocycles. The van der Waals surface area contributed by atoms with Crippen molar-refractivity contribution in [1.29, 1.82) is 0 Å². The van der Waals surface area contributed by atoms with Crippen LogP contribution in [0.1, 0.15) is 19.8 Å². The molecule has 0 bridgehead atoms. The van der Waals surface area contributed by atoms with Crippen molar-refractivity contribution in [2.45, 2.75) is 25.9 Å². The lowest BCUT2D eigenvalue weighted by Crippen LogP contribution is -2.20. The van der Waals surface area contributed by atoms with E-state index in [4.69, 9.17) is 4.74 Å². The molecule has 1 unspecified atom stereocenters. The van der Waals surface area contributed by atoms with E-state index in [9.17, 15) is 9.59 Å². The normalized spacial score (nSPS) is 11.6. The smallest absolute Gasteiger partial charge is 0.411 e. The summed E-state index contributed by atoms with van der Waals surface area (Å²) < 4.78 is 6.01. The summed E-state index contributed by atoms with van der Waals surface area (Å²) in [6.45, 7) is 1.75. The largest absolute Gasteiger partial charge is 0.446 e. The fraction of sp³-hybridized carbons (Fsp3) is 0.333. The number of hydrogen-bond donors (Lipinski definition) is 1. The molecule has 0 spiro atoms. The molecule has 0 saturated heterocycles. The van der Waals surface area contributed by atoms with E-state index in [2.05, 4.69) is 21.2 Å². The van der Waals surface area contributed by atoms with Crippen molar-refractivity contribution in [2.24, 2.45) is 0 Å². The van der Waals surface area contributed by atoms with E-state index in [1.165, 1.54) is 0 Å². The fourth-order valence-corrected chi connectivity index (χ4v) is 1.49. The number of ether oxygens (including phenoxy) is 1. The molecule has 1 atom stereocenters. The Labute approximate surface area is 108 Å². The van der Waals surface area contributed by atoms with Gasteiger partial charge < -0.3 is 9.53 Å². The van der Waals surface area contributed by atoms with Gasteiger partial charge in [0.15, 0.2) is 0 Å². The standard InChI is InChI=1S/C12H14BrNO3/c1-9(3-2-8-15)17-12(16)14-11-6-4-10(13)5-7-11/h4-9H,2-3H2,1H3,(H,14,16). The summed E-state index contributed by atoms with van der Waals surface area (Å²) in [5.41, 5.74) is 0.667. The van der Waals surface area contributed by atoms with Crippen LogP contribution in [0.2, 0.25) is 0 Å². The second-order valence-electron chi connectivity index (χ2n) is 3.59. The Morgan fingerprint density at radius 2 is 2.12 bits per heavy atom. The summed E-state index contributed by atoms with van der Waals surface area (Å²) in [6.07, 6.45) is 0.970. The quantitative estimate of drug-likeness (QED) is 0.848. The first-order valence-electron chi connectivity index (χ1n) is 5.28. The van der Waals surface area contributed by atoms with Gasteiger partial charge in [0, 0.05) is 16.6 Å². The predicted molar refractivity (Wildman–Crippen MR) is 69.0 cm³/mol. The molecule has 1 N–H and O–H groups in total. The lowest BCUT2D eigenvalue weighted by Gasteiger charge is -2.12. The van der Waals surface area contributed by atoms with Crippen LogP contribution in [0, 0.1) is 0 Å². The first kappa shape index (κ1) is 13.7. The highest BCUT2D eigenvalue weighted by Gasteiger charge is 2.08. The molecule has 0 fully saturated rings. The Morgan fingerprint density at radius 1 is 1.47 bits per heavy atom. The minimum Gasteiger partial charge on any atom is -0.446 e. The van der Waals surface area contributed by atoms with Gasteiger partial charge in [-0.25, -0.2) is 4.79 Å². The fourth-order valence-electron chi connectivity index (χ4n) is 1.22. The molecule has 0 aliphatic carbocycles. The van der Waals surface area contributed by atoms with Gasteiger partial charge in [-0.3, -0.25) is 5.32 Å². The highest BCUT2D eigenvalue weighted by Crippen LogP contribution is 2.14. The molecular weight excluding hydrogens is 286 g/mol. The van der Waals surface area contributed by atoms with Crippen molar-refractivity contribution in [1.82, 2.24) is 0 Å². The van der Waals surface area contributed by atoms with Crippen molar-refractivity contribution in [3.05, 3.63) is 28.7 Å². The highest BCUT2D eigenvalue weighted by atomic mass is 79.9. The van der Waals surface area contributed by atoms with Crippen LogP contribution in [0.3, 0.4) is 0 Å². The molecule has 4 nitrogen and oxygen atoms in total. The van der Waals surface area contributed by atoms with Gasteiger partial charge in [0.05, 0.1) is 0 Å². The molecule has 0 aliphatic rings. The maximum Gasteiger partial charge on any atom is 0.411 e. The van der Waals surface area contributed by atoms with Crippen molar-refractivity contribution < 1.29 is 14.3 Å². The van der Waals surface area contributed by atoms with E-state index in [-0.39, 0.29) is 6.10 Å². The molecule has 0 heterocycles. The maximum atomic E-state index is 11.4. The van der Waals surface area contributed by atoms with Crippen LogP contribution in [0.5, 0.6) is 0 Å². The van der Waals surface area contributed by atoms with E-state index in [0.29, 0.717) is 18.5 Å². The number of nitrogens with one attached hydrogen (secondary N) is 1. The van der Waals surface area contributed by atoms with Crippen LogP contribution in [0.25, 0.3) is 0 Å². The molecule has 92 valence electrons. The van der Waals surface area contributed by atoms with Gasteiger partial charge in [0.25, 0.3) is 0 Å². The minimum absolute atomic E-state index is 0.268. The summed E-state index contributed by atoms with van der Waals surface area (Å²) in [5.74, 6) is 0. The van der Waals surface area contributed by atoms with E-state index in [1.807, 2.05) is 12.1 Å². The zero-order valence-corrected chi connectivity index (χ0v) is 11.1. The Balaban J connectivity index is 2.38. The van der Waals surface area contributed by atoms with Crippen LogP contribution in [0.15, 0.2) is 28.7 Å². The van der Waals surface area contributed by atoms with Crippen LogP contribution in [-0.2, 0) is 9.53 Å². The second-order valence-corrected chi connectivity index (χ2v) is 4.51.